The average Bonchev–Trinajstić information content (AvgIpc) is 3.37. The normalized spacial score (nSPS) is 15.9. The van der Waals surface area contributed by atoms with Crippen LogP contribution in [0.3, 0.4) is 0 Å². The first-order valence-corrected chi connectivity index (χ1v) is 27.5. The molecule has 0 atom stereocenters. The number of aldehydes is 1. The molecule has 3 aliphatic rings. The van der Waals surface area contributed by atoms with Gasteiger partial charge in [0.15, 0.2) is 12.1 Å². The minimum atomic E-state index is -0.138. The van der Waals surface area contributed by atoms with Gasteiger partial charge in [0.2, 0.25) is 5.91 Å². The molecule has 0 spiro atoms. The first-order chi connectivity index (χ1) is 35.1. The molecule has 3 aliphatic heterocycles. The van der Waals surface area contributed by atoms with Crippen molar-refractivity contribution in [2.24, 2.45) is 17.6 Å². The maximum absolute atomic E-state index is 13.3. The number of benzene rings is 3. The number of aryl methyl sites for hydroxylation is 1. The van der Waals surface area contributed by atoms with Crippen molar-refractivity contribution >= 4 is 64.3 Å². The van der Waals surface area contributed by atoms with Crippen LogP contribution in [0.25, 0.3) is 0 Å². The summed E-state index contributed by atoms with van der Waals surface area (Å²) in [5.41, 5.74) is 17.4. The third-order valence-corrected chi connectivity index (χ3v) is 14.9. The van der Waals surface area contributed by atoms with E-state index in [1.807, 2.05) is 39.1 Å². The molecule has 15 nitrogen and oxygen atoms in total. The number of halogens is 1. The van der Waals surface area contributed by atoms with Gasteiger partial charge in [0, 0.05) is 59.9 Å². The lowest BCUT2D eigenvalue weighted by Gasteiger charge is -2.37. The molecule has 408 valence electrons. The van der Waals surface area contributed by atoms with Crippen LogP contribution in [-0.4, -0.2) is 119 Å². The smallest absolute Gasteiger partial charge is 0.227 e. The second-order valence-electron chi connectivity index (χ2n) is 20.3. The maximum Gasteiger partial charge on any atom is 0.227 e. The number of phenolic OH excluding ortho intramolecular Hbond substituents is 2. The van der Waals surface area contributed by atoms with E-state index in [9.17, 15) is 19.8 Å². The van der Waals surface area contributed by atoms with Crippen molar-refractivity contribution in [3.05, 3.63) is 88.1 Å². The second-order valence-corrected chi connectivity index (χ2v) is 21.7. The van der Waals surface area contributed by atoms with Crippen molar-refractivity contribution in [3.8, 4) is 11.5 Å². The summed E-state index contributed by atoms with van der Waals surface area (Å²) in [7, 11) is 1.93. The van der Waals surface area contributed by atoms with Gasteiger partial charge in [-0.25, -0.2) is 9.97 Å². The van der Waals surface area contributed by atoms with Gasteiger partial charge < -0.3 is 52.9 Å². The van der Waals surface area contributed by atoms with E-state index in [0.717, 1.165) is 107 Å². The number of hydrogen-bond acceptors (Lipinski definition) is 15. The van der Waals surface area contributed by atoms with Crippen molar-refractivity contribution in [1.29, 1.82) is 10.8 Å². The molecule has 7 rings (SSSR count). The molecular formula is C57H88ClN11O4S. The van der Waals surface area contributed by atoms with E-state index in [1.165, 1.54) is 61.6 Å². The van der Waals surface area contributed by atoms with Crippen LogP contribution in [0.1, 0.15) is 135 Å². The van der Waals surface area contributed by atoms with Gasteiger partial charge in [-0.05, 0) is 147 Å². The Hall–Kier alpha value is -5.10. The number of anilines is 3. The predicted octanol–water partition coefficient (Wildman–Crippen LogP) is 10.9. The van der Waals surface area contributed by atoms with Gasteiger partial charge in [0.05, 0.1) is 22.6 Å². The Morgan fingerprint density at radius 3 is 2.03 bits per heavy atom. The molecule has 3 fully saturated rings. The van der Waals surface area contributed by atoms with Crippen LogP contribution in [-0.2, 0) is 16.1 Å². The Bertz CT molecular complexity index is 2350. The van der Waals surface area contributed by atoms with Crippen LogP contribution < -0.4 is 27.0 Å². The molecule has 0 radical (unpaired) electrons. The molecule has 0 aliphatic carbocycles. The van der Waals surface area contributed by atoms with Gasteiger partial charge >= 0.3 is 0 Å². The van der Waals surface area contributed by atoms with Gasteiger partial charge in [-0.1, -0.05) is 107 Å². The maximum atomic E-state index is 13.3. The number of amides is 1. The van der Waals surface area contributed by atoms with Crippen molar-refractivity contribution in [3.63, 3.8) is 0 Å². The summed E-state index contributed by atoms with van der Waals surface area (Å²) < 4.78 is 0. The minimum Gasteiger partial charge on any atom is -0.508 e. The summed E-state index contributed by atoms with van der Waals surface area (Å²) in [6, 6.07) is 17.5. The van der Waals surface area contributed by atoms with E-state index < -0.39 is 0 Å². The number of carbonyl (C=O) groups excluding carboxylic acids is 2. The third kappa shape index (κ3) is 21.6. The van der Waals surface area contributed by atoms with E-state index in [4.69, 9.17) is 33.9 Å². The molecule has 3 saturated heterocycles. The van der Waals surface area contributed by atoms with Crippen LogP contribution in [0.5, 0.6) is 11.5 Å². The Labute approximate surface area is 452 Å². The number of nitrogen functional groups attached to an aromatic ring is 1. The fourth-order valence-corrected chi connectivity index (χ4v) is 9.36. The van der Waals surface area contributed by atoms with Gasteiger partial charge in [-0.3, -0.25) is 14.5 Å². The van der Waals surface area contributed by atoms with Gasteiger partial charge in [-0.15, -0.1) is 0 Å². The second kappa shape index (κ2) is 32.4. The molecule has 4 aromatic rings. The Morgan fingerprint density at radius 1 is 0.932 bits per heavy atom. The molecule has 0 bridgehead atoms. The zero-order valence-corrected chi connectivity index (χ0v) is 47.6. The first kappa shape index (κ1) is 63.2. The van der Waals surface area contributed by atoms with E-state index in [0.29, 0.717) is 39.1 Å². The fraction of sp³-hybridized carbons (Fsp3) is 0.544. The molecule has 4 heterocycles. The summed E-state index contributed by atoms with van der Waals surface area (Å²) in [5.74, 6) is 2.10. The predicted molar refractivity (Wildman–Crippen MR) is 309 cm³/mol. The lowest BCUT2D eigenvalue weighted by atomic mass is 9.91. The van der Waals surface area contributed by atoms with Crippen LogP contribution in [0.2, 0.25) is 5.02 Å². The number of hydrogen-bond donors (Lipinski definition) is 8. The summed E-state index contributed by atoms with van der Waals surface area (Å²) in [6.45, 7) is 26.8. The van der Waals surface area contributed by atoms with Crippen LogP contribution in [0.15, 0.2) is 70.7 Å². The Kier molecular flexibility index (Phi) is 27.6. The van der Waals surface area contributed by atoms with Gasteiger partial charge in [0.1, 0.15) is 22.3 Å². The van der Waals surface area contributed by atoms with Crippen LogP contribution in [0, 0.1) is 29.6 Å². The number of piperidine rings is 3. The zero-order chi connectivity index (χ0) is 55.0. The number of rotatable bonds is 14. The van der Waals surface area contributed by atoms with Crippen molar-refractivity contribution < 1.29 is 19.8 Å². The molecule has 74 heavy (non-hydrogen) atoms. The summed E-state index contributed by atoms with van der Waals surface area (Å²) in [5, 5.41) is 39.9. The van der Waals surface area contributed by atoms with Gasteiger partial charge in [-0.2, -0.15) is 0 Å². The first-order valence-electron chi connectivity index (χ1n) is 26.4. The van der Waals surface area contributed by atoms with E-state index in [1.54, 1.807) is 19.2 Å². The zero-order valence-electron chi connectivity index (χ0n) is 46.0. The van der Waals surface area contributed by atoms with E-state index in [2.05, 4.69) is 94.2 Å². The third-order valence-electron chi connectivity index (χ3n) is 13.3. The van der Waals surface area contributed by atoms with Crippen LogP contribution >= 0.6 is 23.4 Å². The number of carbonyl (C=O) groups is 2. The molecule has 10 N–H and O–H groups in total. The largest absolute Gasteiger partial charge is 0.508 e. The number of aromatic hydroxyl groups is 2. The monoisotopic (exact) mass is 1060 g/mol. The SMILES string of the molecule is CC(=N)C=O.CC(=N)c1cc(C(C)C)c(O)cc1O.CCCC.CCNC.Cc1ccc(CN2CCC(CN3CCC(C(=O)Nc4cccc(Sc5ncc(N6CCC(C)(N)CC6)nc5N)c4Cl)CC3)CC2)cc1. The highest BCUT2D eigenvalue weighted by atomic mass is 35.5. The number of nitrogens with two attached hydrogens (primary N) is 2. The molecule has 0 unspecified atom stereocenters. The summed E-state index contributed by atoms with van der Waals surface area (Å²) in [6.07, 6.45) is 10.9. The topological polar surface area (TPSA) is 234 Å². The number of phenols is 2. The molecule has 3 aromatic carbocycles. The van der Waals surface area contributed by atoms with Gasteiger partial charge in [0.25, 0.3) is 0 Å². The molecule has 0 saturated carbocycles. The minimum absolute atomic E-state index is 0.0176. The Morgan fingerprint density at radius 2 is 1.51 bits per heavy atom. The average molecular weight is 1060 g/mol. The van der Waals surface area contributed by atoms with Crippen molar-refractivity contribution in [2.45, 2.75) is 142 Å². The number of unbranched alkanes of at least 4 members (excludes halogenated alkanes) is 1. The van der Waals surface area contributed by atoms with Crippen molar-refractivity contribution in [2.75, 3.05) is 75.4 Å². The lowest BCUT2D eigenvalue weighted by Crippen LogP contribution is -2.48. The quantitative estimate of drug-likeness (QED) is 0.0434. The highest BCUT2D eigenvalue weighted by molar-refractivity contribution is 7.99. The van der Waals surface area contributed by atoms with Crippen LogP contribution in [0.4, 0.5) is 17.3 Å². The Balaban J connectivity index is 0.000000438. The number of nitrogens with zero attached hydrogens (tertiary/aromatic N) is 5. The van der Waals surface area contributed by atoms with Crippen molar-refractivity contribution in [1.82, 2.24) is 25.1 Å². The summed E-state index contributed by atoms with van der Waals surface area (Å²) in [4.78, 5) is 39.9. The number of aromatic nitrogens is 2. The fourth-order valence-electron chi connectivity index (χ4n) is 8.26. The number of likely N-dealkylation sites (tertiary alicyclic amines) is 2. The highest BCUT2D eigenvalue weighted by Gasteiger charge is 2.29. The molecular weight excluding hydrogens is 970 g/mol. The molecule has 17 heteroatoms. The van der Waals surface area contributed by atoms with E-state index >= 15 is 0 Å². The standard InChI is InChI=1S/C36H49ClN8OS.C11H15NO2.C4H10.C3H5NO.C3H9N/c1-25-6-8-26(9-7-25)23-43-16-10-27(11-17-43)24-44-18-12-28(13-19-44)34(46)41-29-4-3-5-30(32(29)37)47-35-33(38)42-31(22-40-35)45-20-14-36(2,39)15-21-45;1-6(2)8-4-9(7(3)12)11(14)5-10(8)13;1-3-4-2;1-3(4)2-5;1-3-4-2/h3-9,22,27-28H,10-21,23-24,39H2,1-2H3,(H2,38,42)(H,41,46);4-6,12-14H,1-3H3;3-4H2,1-2H3;2,4H,1H3;4H,3H2,1-2H3. The lowest BCUT2D eigenvalue weighted by molar-refractivity contribution is -0.121. The summed E-state index contributed by atoms with van der Waals surface area (Å²) >= 11 is 8.17. The molecule has 1 aromatic heterocycles. The number of nitrogens with one attached hydrogen (secondary N) is 4. The highest BCUT2D eigenvalue weighted by Crippen LogP contribution is 2.39. The molecule has 1 amide bonds. The van der Waals surface area contributed by atoms with E-state index in [-0.39, 0.29) is 40.5 Å².